The van der Waals surface area contributed by atoms with Crippen molar-refractivity contribution in [3.8, 4) is 11.5 Å². The smallest absolute Gasteiger partial charge is 0.313 e. The van der Waals surface area contributed by atoms with Gasteiger partial charge in [-0.1, -0.05) is 11.6 Å². The summed E-state index contributed by atoms with van der Waals surface area (Å²) < 4.78 is 36.6. The minimum atomic E-state index is -4.38. The number of halogens is 1. The van der Waals surface area contributed by atoms with Crippen LogP contribution in [0.4, 0.5) is 5.69 Å². The monoisotopic (exact) mass is 381 g/mol. The predicted molar refractivity (Wildman–Crippen MR) is 90.0 cm³/mol. The first kappa shape index (κ1) is 17.2. The van der Waals surface area contributed by atoms with Gasteiger partial charge in [-0.25, -0.2) is 8.42 Å². The number of sulfonamides is 1. The molecule has 0 aromatic heterocycles. The van der Waals surface area contributed by atoms with E-state index in [9.17, 15) is 18.0 Å². The maximum absolute atomic E-state index is 13.0. The molecule has 0 aliphatic carbocycles. The molecular formula is C16H12ClNO6S. The molecule has 25 heavy (non-hydrogen) atoms. The SMILES string of the molecule is COc1ccc(S(=O)(=O)N2C(=O)C(=O)c3cc(Cl)ccc32)c(OC)c1. The van der Waals surface area contributed by atoms with Crippen LogP contribution in [0.2, 0.25) is 5.02 Å². The number of hydrogen-bond acceptors (Lipinski definition) is 6. The largest absolute Gasteiger partial charge is 0.497 e. The quantitative estimate of drug-likeness (QED) is 0.755. The van der Waals surface area contributed by atoms with E-state index in [2.05, 4.69) is 0 Å². The number of Topliss-reactive ketones (excluding diaryl/α,β-unsaturated/α-hetero) is 1. The Hall–Kier alpha value is -2.58. The van der Waals surface area contributed by atoms with Crippen LogP contribution in [-0.4, -0.2) is 34.3 Å². The van der Waals surface area contributed by atoms with E-state index in [0.29, 0.717) is 10.1 Å². The lowest BCUT2D eigenvalue weighted by molar-refractivity contribution is -0.113. The lowest BCUT2D eigenvalue weighted by Crippen LogP contribution is -2.36. The van der Waals surface area contributed by atoms with E-state index in [0.717, 1.165) is 0 Å². The number of ether oxygens (including phenoxy) is 2. The highest BCUT2D eigenvalue weighted by atomic mass is 35.5. The van der Waals surface area contributed by atoms with Gasteiger partial charge in [0.2, 0.25) is 0 Å². The molecule has 0 fully saturated rings. The second kappa shape index (κ2) is 6.05. The fourth-order valence-corrected chi connectivity index (χ4v) is 4.23. The van der Waals surface area contributed by atoms with Gasteiger partial charge in [-0.2, -0.15) is 4.31 Å². The van der Waals surface area contributed by atoms with Crippen molar-refractivity contribution in [3.05, 3.63) is 47.0 Å². The van der Waals surface area contributed by atoms with Crippen molar-refractivity contribution in [2.75, 3.05) is 18.5 Å². The molecule has 0 bridgehead atoms. The van der Waals surface area contributed by atoms with Crippen molar-refractivity contribution in [1.29, 1.82) is 0 Å². The van der Waals surface area contributed by atoms with Crippen molar-refractivity contribution in [1.82, 2.24) is 0 Å². The van der Waals surface area contributed by atoms with Gasteiger partial charge >= 0.3 is 5.91 Å². The summed E-state index contributed by atoms with van der Waals surface area (Å²) in [4.78, 5) is 24.2. The zero-order valence-corrected chi connectivity index (χ0v) is 14.7. The molecule has 7 nitrogen and oxygen atoms in total. The molecule has 9 heteroatoms. The van der Waals surface area contributed by atoms with Gasteiger partial charge in [0, 0.05) is 11.1 Å². The Balaban J connectivity index is 2.20. The van der Waals surface area contributed by atoms with E-state index in [4.69, 9.17) is 21.1 Å². The zero-order valence-electron chi connectivity index (χ0n) is 13.1. The van der Waals surface area contributed by atoms with E-state index >= 15 is 0 Å². The third-order valence-corrected chi connectivity index (χ3v) is 5.66. The van der Waals surface area contributed by atoms with Crippen LogP contribution in [0.15, 0.2) is 41.3 Å². The van der Waals surface area contributed by atoms with Crippen LogP contribution < -0.4 is 13.8 Å². The van der Waals surface area contributed by atoms with E-state index in [1.165, 1.54) is 50.6 Å². The average molecular weight is 382 g/mol. The molecule has 2 aromatic rings. The van der Waals surface area contributed by atoms with Crippen LogP contribution in [0.1, 0.15) is 10.4 Å². The molecule has 0 saturated heterocycles. The Morgan fingerprint density at radius 3 is 2.36 bits per heavy atom. The van der Waals surface area contributed by atoms with Gasteiger partial charge in [0.1, 0.15) is 16.4 Å². The first-order chi connectivity index (χ1) is 11.8. The molecular weight excluding hydrogens is 370 g/mol. The zero-order chi connectivity index (χ0) is 18.4. The molecule has 0 N–H and O–H groups in total. The van der Waals surface area contributed by atoms with Gasteiger partial charge in [-0.3, -0.25) is 9.59 Å². The van der Waals surface area contributed by atoms with E-state index in [-0.39, 0.29) is 26.9 Å². The first-order valence-electron chi connectivity index (χ1n) is 6.97. The normalized spacial score (nSPS) is 13.8. The Morgan fingerprint density at radius 1 is 1.00 bits per heavy atom. The van der Waals surface area contributed by atoms with Gasteiger partial charge in [0.25, 0.3) is 15.8 Å². The summed E-state index contributed by atoms with van der Waals surface area (Å²) in [6.45, 7) is 0. The molecule has 0 atom stereocenters. The number of carbonyl (C=O) groups excluding carboxylic acids is 2. The molecule has 130 valence electrons. The van der Waals surface area contributed by atoms with Crippen molar-refractivity contribution in [3.63, 3.8) is 0 Å². The Morgan fingerprint density at radius 2 is 1.72 bits per heavy atom. The highest BCUT2D eigenvalue weighted by molar-refractivity contribution is 7.94. The number of benzene rings is 2. The molecule has 1 heterocycles. The highest BCUT2D eigenvalue weighted by Gasteiger charge is 2.44. The van der Waals surface area contributed by atoms with Crippen molar-refractivity contribution >= 4 is 39.0 Å². The number of hydrogen-bond donors (Lipinski definition) is 0. The standard InChI is InChI=1S/C16H12ClNO6S/c1-23-10-4-6-14(13(8-10)24-2)25(21,22)18-12-5-3-9(17)7-11(12)15(19)16(18)20/h3-8H,1-2H3. The van der Waals surface area contributed by atoms with Crippen LogP contribution in [-0.2, 0) is 14.8 Å². The van der Waals surface area contributed by atoms with Gasteiger partial charge < -0.3 is 9.47 Å². The third kappa shape index (κ3) is 2.63. The van der Waals surface area contributed by atoms with Gasteiger partial charge in [-0.05, 0) is 30.3 Å². The Labute approximate surface area is 148 Å². The summed E-state index contributed by atoms with van der Waals surface area (Å²) in [5, 5.41) is 0.223. The number of anilines is 1. The highest BCUT2D eigenvalue weighted by Crippen LogP contribution is 2.38. The van der Waals surface area contributed by atoms with Crippen LogP contribution in [0.5, 0.6) is 11.5 Å². The third-order valence-electron chi connectivity index (χ3n) is 3.69. The van der Waals surface area contributed by atoms with Crippen LogP contribution in [0, 0.1) is 0 Å². The lowest BCUT2D eigenvalue weighted by Gasteiger charge is -2.19. The Bertz CT molecular complexity index is 1000. The maximum atomic E-state index is 13.0. The van der Waals surface area contributed by atoms with Gasteiger partial charge in [0.15, 0.2) is 0 Å². The molecule has 0 unspecified atom stereocenters. The van der Waals surface area contributed by atoms with Crippen molar-refractivity contribution in [2.45, 2.75) is 4.90 Å². The average Bonchev–Trinajstić information content (AvgIpc) is 2.85. The molecule has 1 amide bonds. The first-order valence-corrected chi connectivity index (χ1v) is 8.78. The van der Waals surface area contributed by atoms with Crippen LogP contribution in [0.3, 0.4) is 0 Å². The van der Waals surface area contributed by atoms with E-state index in [1.807, 2.05) is 0 Å². The fourth-order valence-electron chi connectivity index (χ4n) is 2.51. The molecule has 2 aromatic carbocycles. The molecule has 0 saturated carbocycles. The molecule has 1 aliphatic rings. The van der Waals surface area contributed by atoms with Gasteiger partial charge in [-0.15, -0.1) is 0 Å². The topological polar surface area (TPSA) is 90.0 Å². The molecule has 3 rings (SSSR count). The summed E-state index contributed by atoms with van der Waals surface area (Å²) in [5.41, 5.74) is -0.106. The van der Waals surface area contributed by atoms with Crippen LogP contribution in [0.25, 0.3) is 0 Å². The number of carbonyl (C=O) groups is 2. The maximum Gasteiger partial charge on any atom is 0.313 e. The number of amides is 1. The second-order valence-corrected chi connectivity index (χ2v) is 7.27. The number of nitrogens with zero attached hydrogens (tertiary/aromatic N) is 1. The summed E-state index contributed by atoms with van der Waals surface area (Å²) in [6, 6.07) is 8.02. The summed E-state index contributed by atoms with van der Waals surface area (Å²) in [6.07, 6.45) is 0. The number of fused-ring (bicyclic) bond motifs is 1. The second-order valence-electron chi connectivity index (χ2n) is 5.08. The van der Waals surface area contributed by atoms with Crippen LogP contribution >= 0.6 is 11.6 Å². The fraction of sp³-hybridized carbons (Fsp3) is 0.125. The number of ketones is 1. The van der Waals surface area contributed by atoms with Gasteiger partial charge in [0.05, 0.1) is 25.5 Å². The predicted octanol–water partition coefficient (Wildman–Crippen LogP) is 2.28. The van der Waals surface area contributed by atoms with Crippen molar-refractivity contribution < 1.29 is 27.5 Å². The number of methoxy groups -OCH3 is 2. The summed E-state index contributed by atoms with van der Waals surface area (Å²) in [5.74, 6) is -1.74. The molecule has 0 radical (unpaired) electrons. The molecule has 0 spiro atoms. The lowest BCUT2D eigenvalue weighted by atomic mass is 10.1. The number of rotatable bonds is 4. The minimum Gasteiger partial charge on any atom is -0.497 e. The van der Waals surface area contributed by atoms with E-state index in [1.54, 1.807) is 0 Å². The minimum absolute atomic E-state index is 0.0120. The van der Waals surface area contributed by atoms with E-state index < -0.39 is 21.7 Å². The van der Waals surface area contributed by atoms with Crippen molar-refractivity contribution in [2.24, 2.45) is 0 Å². The summed E-state index contributed by atoms with van der Waals surface area (Å²) >= 11 is 5.83. The Kier molecular flexibility index (Phi) is 4.18. The molecule has 1 aliphatic heterocycles. The summed E-state index contributed by atoms with van der Waals surface area (Å²) in [7, 11) is -1.66.